The van der Waals surface area contributed by atoms with E-state index in [1.165, 1.54) is 39.3 Å². The molecule has 1 heterocycles. The van der Waals surface area contributed by atoms with Crippen LogP contribution in [0.3, 0.4) is 0 Å². The lowest BCUT2D eigenvalue weighted by Gasteiger charge is -2.22. The maximum absolute atomic E-state index is 12.8. The molecule has 7 nitrogen and oxygen atoms in total. The molecule has 0 fully saturated rings. The van der Waals surface area contributed by atoms with Crippen LogP contribution in [0.5, 0.6) is 0 Å². The lowest BCUT2D eigenvalue weighted by atomic mass is 10.2. The van der Waals surface area contributed by atoms with Gasteiger partial charge in [-0.2, -0.15) is 13.5 Å². The number of hydrogen-bond donors (Lipinski definition) is 1. The summed E-state index contributed by atoms with van der Waals surface area (Å²) >= 11 is 0. The standard InChI is InChI=1S/C14H17N3O4S/c1-4-17(12-7-5-11(6-8-12)14(18)19)22(20,21)13-9-10(2)15-16(13)3/h5-9H,4H2,1-3H3,(H,18,19). The lowest BCUT2D eigenvalue weighted by Crippen LogP contribution is -2.32. The molecule has 0 radical (unpaired) electrons. The number of hydrogen-bond acceptors (Lipinski definition) is 4. The van der Waals surface area contributed by atoms with Crippen molar-refractivity contribution >= 4 is 21.7 Å². The molecule has 0 atom stereocenters. The summed E-state index contributed by atoms with van der Waals surface area (Å²) in [4.78, 5) is 10.9. The van der Waals surface area contributed by atoms with Gasteiger partial charge in [0.1, 0.15) is 0 Å². The van der Waals surface area contributed by atoms with Crippen molar-refractivity contribution in [3.8, 4) is 0 Å². The van der Waals surface area contributed by atoms with E-state index in [0.29, 0.717) is 11.4 Å². The Morgan fingerprint density at radius 1 is 1.32 bits per heavy atom. The molecule has 8 heteroatoms. The predicted octanol–water partition coefficient (Wildman–Crippen LogP) is 1.64. The summed E-state index contributed by atoms with van der Waals surface area (Å²) in [5.74, 6) is -1.06. The third-order valence-corrected chi connectivity index (χ3v) is 5.16. The molecule has 1 aromatic carbocycles. The van der Waals surface area contributed by atoms with E-state index in [1.807, 2.05) is 0 Å². The van der Waals surface area contributed by atoms with Crippen LogP contribution >= 0.6 is 0 Å². The molecule has 118 valence electrons. The fraction of sp³-hybridized carbons (Fsp3) is 0.286. The van der Waals surface area contributed by atoms with Gasteiger partial charge in [-0.05, 0) is 44.2 Å². The van der Waals surface area contributed by atoms with Crippen LogP contribution in [0.2, 0.25) is 0 Å². The van der Waals surface area contributed by atoms with E-state index in [0.717, 1.165) is 0 Å². The number of aromatic nitrogens is 2. The average molecular weight is 323 g/mol. The minimum Gasteiger partial charge on any atom is -0.478 e. The Kier molecular flexibility index (Phi) is 4.23. The van der Waals surface area contributed by atoms with Crippen LogP contribution in [0, 0.1) is 6.92 Å². The number of aromatic carboxylic acids is 1. The van der Waals surface area contributed by atoms with Crippen LogP contribution in [0.4, 0.5) is 5.69 Å². The zero-order valence-electron chi connectivity index (χ0n) is 12.5. The van der Waals surface area contributed by atoms with Crippen LogP contribution in [0.15, 0.2) is 35.4 Å². The van der Waals surface area contributed by atoms with E-state index >= 15 is 0 Å². The maximum Gasteiger partial charge on any atom is 0.335 e. The number of rotatable bonds is 5. The van der Waals surface area contributed by atoms with Crippen molar-refractivity contribution in [1.29, 1.82) is 0 Å². The van der Waals surface area contributed by atoms with Gasteiger partial charge in [-0.25, -0.2) is 4.79 Å². The summed E-state index contributed by atoms with van der Waals surface area (Å²) < 4.78 is 28.1. The van der Waals surface area contributed by atoms with Crippen molar-refractivity contribution in [3.63, 3.8) is 0 Å². The molecule has 1 N–H and O–H groups in total. The second kappa shape index (κ2) is 5.80. The first-order valence-corrected chi connectivity index (χ1v) is 8.08. The number of nitrogens with zero attached hydrogens (tertiary/aromatic N) is 3. The molecular weight excluding hydrogens is 306 g/mol. The minimum atomic E-state index is -3.76. The summed E-state index contributed by atoms with van der Waals surface area (Å²) in [6.45, 7) is 3.65. The Balaban J connectivity index is 2.47. The molecule has 0 spiro atoms. The van der Waals surface area contributed by atoms with Crippen molar-refractivity contribution in [2.24, 2.45) is 7.05 Å². The number of carboxylic acids is 1. The van der Waals surface area contributed by atoms with Gasteiger partial charge in [0, 0.05) is 13.6 Å². The van der Waals surface area contributed by atoms with Crippen LogP contribution in [-0.2, 0) is 17.1 Å². The number of carboxylic acid groups (broad SMARTS) is 1. The van der Waals surface area contributed by atoms with Gasteiger partial charge in [0.2, 0.25) is 0 Å². The van der Waals surface area contributed by atoms with Gasteiger partial charge in [0.25, 0.3) is 10.0 Å². The lowest BCUT2D eigenvalue weighted by molar-refractivity contribution is 0.0697. The van der Waals surface area contributed by atoms with Gasteiger partial charge in [-0.1, -0.05) is 0 Å². The van der Waals surface area contributed by atoms with Crippen molar-refractivity contribution in [2.45, 2.75) is 18.9 Å². The Hall–Kier alpha value is -2.35. The second-order valence-electron chi connectivity index (χ2n) is 4.77. The Labute approximate surface area is 128 Å². The van der Waals surface area contributed by atoms with Crippen LogP contribution in [0.25, 0.3) is 0 Å². The van der Waals surface area contributed by atoms with Gasteiger partial charge in [-0.15, -0.1) is 0 Å². The summed E-state index contributed by atoms with van der Waals surface area (Å²) in [7, 11) is -2.19. The highest BCUT2D eigenvalue weighted by atomic mass is 32.2. The molecule has 0 saturated carbocycles. The monoisotopic (exact) mass is 323 g/mol. The summed E-state index contributed by atoms with van der Waals surface area (Å²) in [5, 5.41) is 13.1. The maximum atomic E-state index is 12.8. The normalized spacial score (nSPS) is 11.4. The SMILES string of the molecule is CCN(c1ccc(C(=O)O)cc1)S(=O)(=O)c1cc(C)nn1C. The minimum absolute atomic E-state index is 0.0918. The van der Waals surface area contributed by atoms with Crippen molar-refractivity contribution in [3.05, 3.63) is 41.6 Å². The van der Waals surface area contributed by atoms with E-state index in [1.54, 1.807) is 20.9 Å². The van der Waals surface area contributed by atoms with Gasteiger partial charge in [0.15, 0.2) is 5.03 Å². The zero-order chi connectivity index (χ0) is 16.5. The molecular formula is C14H17N3O4S. The van der Waals surface area contributed by atoms with E-state index in [4.69, 9.17) is 5.11 Å². The molecule has 0 amide bonds. The molecule has 0 aliphatic carbocycles. The summed E-state index contributed by atoms with van der Waals surface area (Å²) in [6.07, 6.45) is 0. The van der Waals surface area contributed by atoms with Gasteiger partial charge in [0.05, 0.1) is 16.9 Å². The quantitative estimate of drug-likeness (QED) is 0.903. The van der Waals surface area contributed by atoms with Crippen molar-refractivity contribution in [2.75, 3.05) is 10.8 Å². The molecule has 1 aromatic heterocycles. The Bertz CT molecular complexity index is 794. The fourth-order valence-corrected chi connectivity index (χ4v) is 3.86. The van der Waals surface area contributed by atoms with E-state index in [2.05, 4.69) is 5.10 Å². The smallest absolute Gasteiger partial charge is 0.335 e. The topological polar surface area (TPSA) is 92.5 Å². The third-order valence-electron chi connectivity index (χ3n) is 3.20. The van der Waals surface area contributed by atoms with E-state index < -0.39 is 16.0 Å². The molecule has 22 heavy (non-hydrogen) atoms. The van der Waals surface area contributed by atoms with Gasteiger partial charge in [-0.3, -0.25) is 8.99 Å². The van der Waals surface area contributed by atoms with E-state index in [9.17, 15) is 13.2 Å². The first-order chi connectivity index (χ1) is 10.3. The van der Waals surface area contributed by atoms with E-state index in [-0.39, 0.29) is 17.1 Å². The molecule has 2 rings (SSSR count). The average Bonchev–Trinajstić information content (AvgIpc) is 2.79. The summed E-state index contributed by atoms with van der Waals surface area (Å²) in [5.41, 5.74) is 1.12. The molecule has 2 aromatic rings. The summed E-state index contributed by atoms with van der Waals surface area (Å²) in [6, 6.07) is 7.22. The van der Waals surface area contributed by atoms with Gasteiger partial charge >= 0.3 is 5.97 Å². The zero-order valence-corrected chi connectivity index (χ0v) is 13.3. The number of aryl methyl sites for hydroxylation is 2. The molecule has 0 unspecified atom stereocenters. The van der Waals surface area contributed by atoms with Crippen LogP contribution in [0.1, 0.15) is 23.0 Å². The highest BCUT2D eigenvalue weighted by molar-refractivity contribution is 7.92. The van der Waals surface area contributed by atoms with Crippen LogP contribution in [-0.4, -0.2) is 35.8 Å². The second-order valence-corrected chi connectivity index (χ2v) is 6.58. The van der Waals surface area contributed by atoms with Crippen molar-refractivity contribution in [1.82, 2.24) is 9.78 Å². The Morgan fingerprint density at radius 2 is 1.91 bits per heavy atom. The number of carbonyl (C=O) groups is 1. The highest BCUT2D eigenvalue weighted by Crippen LogP contribution is 2.24. The highest BCUT2D eigenvalue weighted by Gasteiger charge is 2.27. The fourth-order valence-electron chi connectivity index (χ4n) is 2.20. The first kappa shape index (κ1) is 16.0. The molecule has 0 aliphatic rings. The predicted molar refractivity (Wildman–Crippen MR) is 81.6 cm³/mol. The molecule has 0 aliphatic heterocycles. The van der Waals surface area contributed by atoms with Crippen molar-refractivity contribution < 1.29 is 18.3 Å². The largest absolute Gasteiger partial charge is 0.478 e. The number of sulfonamides is 1. The molecule has 0 saturated heterocycles. The Morgan fingerprint density at radius 3 is 2.32 bits per heavy atom. The number of benzene rings is 1. The first-order valence-electron chi connectivity index (χ1n) is 6.64. The number of anilines is 1. The van der Waals surface area contributed by atoms with Gasteiger partial charge < -0.3 is 5.11 Å². The molecule has 0 bridgehead atoms. The third kappa shape index (κ3) is 2.82. The van der Waals surface area contributed by atoms with Crippen LogP contribution < -0.4 is 4.31 Å².